The van der Waals surface area contributed by atoms with Crippen molar-refractivity contribution >= 4 is 10.2 Å². The van der Waals surface area contributed by atoms with Crippen molar-refractivity contribution in [1.82, 2.24) is 9.44 Å². The molecular weight excluding hydrogens is 180 g/mol. The van der Waals surface area contributed by atoms with Crippen molar-refractivity contribution in [2.75, 3.05) is 0 Å². The highest BCUT2D eigenvalue weighted by Gasteiger charge is 2.20. The molecule has 5 nitrogen and oxygen atoms in total. The molecule has 1 unspecified atom stereocenters. The maximum Gasteiger partial charge on any atom is 0.279 e. The number of nitrogens with one attached hydrogen (secondary N) is 2. The second-order valence-corrected chi connectivity index (χ2v) is 5.10. The molecule has 0 aromatic rings. The minimum Gasteiger partial charge on any atom is -0.378 e. The van der Waals surface area contributed by atoms with Crippen LogP contribution in [0.2, 0.25) is 0 Å². The van der Waals surface area contributed by atoms with Gasteiger partial charge in [-0.2, -0.15) is 17.9 Å². The third-order valence-corrected chi connectivity index (χ3v) is 2.30. The third-order valence-electron chi connectivity index (χ3n) is 0.766. The summed E-state index contributed by atoms with van der Waals surface area (Å²) in [6.45, 7) is 6.48. The van der Waals surface area contributed by atoms with Crippen molar-refractivity contribution in [3.05, 3.63) is 0 Å². The predicted molar refractivity (Wildman–Crippen MR) is 46.6 cm³/mol. The molecular formula is C6H16N2O3S. The summed E-state index contributed by atoms with van der Waals surface area (Å²) in [6, 6.07) is 0. The Morgan fingerprint density at radius 1 is 1.33 bits per heavy atom. The van der Waals surface area contributed by atoms with E-state index in [9.17, 15) is 8.42 Å². The van der Waals surface area contributed by atoms with Gasteiger partial charge in [-0.15, -0.1) is 0 Å². The SMILES string of the molecule is CC(O)NS(=O)(=O)NC(C)(C)C. The van der Waals surface area contributed by atoms with E-state index in [0.29, 0.717) is 0 Å². The summed E-state index contributed by atoms with van der Waals surface area (Å²) in [6.07, 6.45) is -1.08. The number of aliphatic hydroxyl groups excluding tert-OH is 1. The largest absolute Gasteiger partial charge is 0.378 e. The van der Waals surface area contributed by atoms with Gasteiger partial charge in [0.05, 0.1) is 0 Å². The van der Waals surface area contributed by atoms with Crippen LogP contribution < -0.4 is 9.44 Å². The van der Waals surface area contributed by atoms with Crippen LogP contribution in [0.3, 0.4) is 0 Å². The molecule has 0 aliphatic carbocycles. The maximum atomic E-state index is 11.1. The zero-order valence-electron chi connectivity index (χ0n) is 7.75. The van der Waals surface area contributed by atoms with Crippen molar-refractivity contribution in [3.8, 4) is 0 Å². The lowest BCUT2D eigenvalue weighted by Gasteiger charge is -2.21. The van der Waals surface area contributed by atoms with E-state index < -0.39 is 22.0 Å². The first-order chi connectivity index (χ1) is 5.12. The monoisotopic (exact) mass is 196 g/mol. The lowest BCUT2D eigenvalue weighted by atomic mass is 10.1. The number of rotatable bonds is 3. The molecule has 1 atom stereocenters. The number of hydrogen-bond acceptors (Lipinski definition) is 3. The quantitative estimate of drug-likeness (QED) is 0.535. The average Bonchev–Trinajstić information content (AvgIpc) is 1.48. The topological polar surface area (TPSA) is 78.4 Å². The highest BCUT2D eigenvalue weighted by atomic mass is 32.2. The molecule has 0 fully saturated rings. The van der Waals surface area contributed by atoms with Gasteiger partial charge in [-0.25, -0.2) is 0 Å². The van der Waals surface area contributed by atoms with E-state index in [2.05, 4.69) is 4.72 Å². The van der Waals surface area contributed by atoms with E-state index in [1.807, 2.05) is 4.72 Å². The zero-order chi connectivity index (χ0) is 9.99. The Kier molecular flexibility index (Phi) is 3.64. The smallest absolute Gasteiger partial charge is 0.279 e. The first-order valence-corrected chi connectivity index (χ1v) is 5.10. The molecule has 12 heavy (non-hydrogen) atoms. The molecule has 0 bridgehead atoms. The molecule has 0 saturated heterocycles. The van der Waals surface area contributed by atoms with Crippen molar-refractivity contribution < 1.29 is 13.5 Å². The van der Waals surface area contributed by atoms with Crippen LogP contribution in [-0.4, -0.2) is 25.3 Å². The lowest BCUT2D eigenvalue weighted by molar-refractivity contribution is 0.182. The van der Waals surface area contributed by atoms with E-state index >= 15 is 0 Å². The molecule has 0 amide bonds. The van der Waals surface area contributed by atoms with Crippen molar-refractivity contribution in [2.45, 2.75) is 39.5 Å². The fourth-order valence-corrected chi connectivity index (χ4v) is 1.97. The van der Waals surface area contributed by atoms with Crippen LogP contribution in [0.15, 0.2) is 0 Å². The fourth-order valence-electron chi connectivity index (χ4n) is 0.657. The Labute approximate surface area is 73.4 Å². The van der Waals surface area contributed by atoms with E-state index in [0.717, 1.165) is 0 Å². The highest BCUT2D eigenvalue weighted by molar-refractivity contribution is 7.87. The van der Waals surface area contributed by atoms with Gasteiger partial charge in [0.15, 0.2) is 0 Å². The molecule has 3 N–H and O–H groups in total. The van der Waals surface area contributed by atoms with Crippen LogP contribution in [0, 0.1) is 0 Å². The Morgan fingerprint density at radius 2 is 1.75 bits per heavy atom. The van der Waals surface area contributed by atoms with E-state index in [1.54, 1.807) is 20.8 Å². The average molecular weight is 196 g/mol. The molecule has 0 aliphatic heterocycles. The van der Waals surface area contributed by atoms with Crippen LogP contribution in [0.4, 0.5) is 0 Å². The highest BCUT2D eigenvalue weighted by Crippen LogP contribution is 2.00. The van der Waals surface area contributed by atoms with Crippen molar-refractivity contribution in [1.29, 1.82) is 0 Å². The lowest BCUT2D eigenvalue weighted by Crippen LogP contribution is -2.49. The predicted octanol–water partition coefficient (Wildman–Crippen LogP) is -0.453. The van der Waals surface area contributed by atoms with Gasteiger partial charge in [-0.1, -0.05) is 0 Å². The molecule has 0 aromatic carbocycles. The molecule has 6 heteroatoms. The van der Waals surface area contributed by atoms with Crippen LogP contribution in [-0.2, 0) is 10.2 Å². The van der Waals surface area contributed by atoms with Crippen LogP contribution in [0.1, 0.15) is 27.7 Å². The van der Waals surface area contributed by atoms with Crippen LogP contribution >= 0.6 is 0 Å². The second-order valence-electron chi connectivity index (χ2n) is 3.65. The van der Waals surface area contributed by atoms with Gasteiger partial charge in [0.25, 0.3) is 10.2 Å². The summed E-state index contributed by atoms with van der Waals surface area (Å²) in [5.74, 6) is 0. The zero-order valence-corrected chi connectivity index (χ0v) is 8.57. The van der Waals surface area contributed by atoms with Gasteiger partial charge in [0, 0.05) is 5.54 Å². The van der Waals surface area contributed by atoms with E-state index in [-0.39, 0.29) is 0 Å². The first-order valence-electron chi connectivity index (χ1n) is 3.62. The summed E-state index contributed by atoms with van der Waals surface area (Å²) >= 11 is 0. The van der Waals surface area contributed by atoms with Gasteiger partial charge in [0.2, 0.25) is 0 Å². The fraction of sp³-hybridized carbons (Fsp3) is 1.00. The summed E-state index contributed by atoms with van der Waals surface area (Å²) in [4.78, 5) is 0. The van der Waals surface area contributed by atoms with Gasteiger partial charge >= 0.3 is 0 Å². The molecule has 0 rings (SSSR count). The Balaban J connectivity index is 4.26. The van der Waals surface area contributed by atoms with Crippen LogP contribution in [0.5, 0.6) is 0 Å². The number of hydrogen-bond donors (Lipinski definition) is 3. The third kappa shape index (κ3) is 6.53. The van der Waals surface area contributed by atoms with E-state index in [1.165, 1.54) is 6.92 Å². The first kappa shape index (κ1) is 11.8. The minimum absolute atomic E-state index is 0.541. The Morgan fingerprint density at radius 3 is 2.00 bits per heavy atom. The standard InChI is InChI=1S/C6H16N2O3S/c1-5(9)7-12(10,11)8-6(2,3)4/h5,7-9H,1-4H3. The Bertz CT molecular complexity index is 228. The molecule has 0 heterocycles. The van der Waals surface area contributed by atoms with Crippen molar-refractivity contribution in [3.63, 3.8) is 0 Å². The van der Waals surface area contributed by atoms with Gasteiger partial charge < -0.3 is 5.11 Å². The van der Waals surface area contributed by atoms with Crippen molar-refractivity contribution in [2.24, 2.45) is 0 Å². The molecule has 74 valence electrons. The van der Waals surface area contributed by atoms with Gasteiger partial charge in [-0.05, 0) is 27.7 Å². The van der Waals surface area contributed by atoms with Gasteiger partial charge in [0.1, 0.15) is 6.23 Å². The Hall–Kier alpha value is -0.170. The minimum atomic E-state index is -3.59. The normalized spacial score (nSPS) is 16.1. The summed E-state index contributed by atoms with van der Waals surface area (Å²) in [7, 11) is -3.59. The van der Waals surface area contributed by atoms with E-state index in [4.69, 9.17) is 5.11 Å². The summed E-state index contributed by atoms with van der Waals surface area (Å²) in [5.41, 5.74) is -0.541. The van der Waals surface area contributed by atoms with Gasteiger partial charge in [-0.3, -0.25) is 0 Å². The molecule has 0 radical (unpaired) electrons. The van der Waals surface area contributed by atoms with Crippen LogP contribution in [0.25, 0.3) is 0 Å². The second kappa shape index (κ2) is 3.69. The molecule has 0 saturated carbocycles. The summed E-state index contributed by atoms with van der Waals surface area (Å²) < 4.78 is 26.5. The number of aliphatic hydroxyl groups is 1. The summed E-state index contributed by atoms with van der Waals surface area (Å²) in [5, 5.41) is 8.75. The maximum absolute atomic E-state index is 11.1. The molecule has 0 aliphatic rings. The molecule has 0 spiro atoms. The molecule has 0 aromatic heterocycles.